The average molecular weight is 309 g/mol. The van der Waals surface area contributed by atoms with Crippen molar-refractivity contribution in [1.82, 2.24) is 0 Å². The molecule has 0 N–H and O–H groups in total. The van der Waals surface area contributed by atoms with Gasteiger partial charge in [-0.25, -0.2) is 0 Å². The molecule has 3 aromatic heterocycles. The molecule has 0 fully saturated rings. The van der Waals surface area contributed by atoms with Crippen LogP contribution in [0.5, 0.6) is 0 Å². The van der Waals surface area contributed by atoms with Crippen LogP contribution < -0.4 is 0 Å². The third-order valence-electron chi connectivity index (χ3n) is 2.65. The van der Waals surface area contributed by atoms with Crippen LogP contribution in [0.4, 0.5) is 0 Å². The van der Waals surface area contributed by atoms with Crippen molar-refractivity contribution in [3.05, 3.63) is 46.2 Å². The molecule has 92 valence electrons. The molecule has 3 aromatic rings. The second-order valence-electron chi connectivity index (χ2n) is 4.00. The lowest BCUT2D eigenvalue weighted by Gasteiger charge is -1.90. The van der Waals surface area contributed by atoms with E-state index in [-0.39, 0.29) is 0 Å². The number of rotatable bonds is 3. The Morgan fingerprint density at radius 3 is 1.89 bits per heavy atom. The van der Waals surface area contributed by atoms with Crippen LogP contribution in [0, 0.1) is 6.92 Å². The summed E-state index contributed by atoms with van der Waals surface area (Å²) in [5.74, 6) is 0.826. The lowest BCUT2D eigenvalue weighted by atomic mass is 10.3. The van der Waals surface area contributed by atoms with Crippen LogP contribution in [0.3, 0.4) is 0 Å². The van der Waals surface area contributed by atoms with Crippen LogP contribution in [0.15, 0.2) is 36.4 Å². The van der Waals surface area contributed by atoms with Gasteiger partial charge in [-0.3, -0.25) is 0 Å². The van der Waals surface area contributed by atoms with E-state index in [0.29, 0.717) is 0 Å². The van der Waals surface area contributed by atoms with Gasteiger partial charge in [0.2, 0.25) is 0 Å². The van der Waals surface area contributed by atoms with Gasteiger partial charge in [-0.05, 0) is 43.3 Å². The van der Waals surface area contributed by atoms with Crippen LogP contribution in [0.25, 0.3) is 19.5 Å². The van der Waals surface area contributed by atoms with Crippen LogP contribution in [-0.4, -0.2) is 0 Å². The summed E-state index contributed by atoms with van der Waals surface area (Å²) in [4.78, 5) is 8.14. The summed E-state index contributed by atoms with van der Waals surface area (Å²) in [6.07, 6.45) is 0. The first-order valence-corrected chi connectivity index (χ1v) is 8.71. The molecular formula is C14H12S4. The van der Waals surface area contributed by atoms with Crippen molar-refractivity contribution in [3.8, 4) is 19.5 Å². The lowest BCUT2D eigenvalue weighted by molar-refractivity contribution is 1.57. The Labute approximate surface area is 124 Å². The number of aryl methyl sites for hydroxylation is 1. The molecule has 0 spiro atoms. The zero-order valence-corrected chi connectivity index (χ0v) is 13.2. The Morgan fingerprint density at radius 2 is 1.33 bits per heavy atom. The molecule has 0 aliphatic rings. The van der Waals surface area contributed by atoms with Gasteiger partial charge in [-0.2, -0.15) is 12.6 Å². The summed E-state index contributed by atoms with van der Waals surface area (Å²) >= 11 is 9.89. The molecule has 0 saturated carbocycles. The molecule has 0 aromatic carbocycles. The largest absolute Gasteiger partial charge is 0.174 e. The second-order valence-corrected chi connectivity index (χ2v) is 7.85. The number of thiol groups is 1. The Balaban J connectivity index is 1.93. The van der Waals surface area contributed by atoms with E-state index in [2.05, 4.69) is 56.0 Å². The standard InChI is InChI=1S/C14H12S4/c1-9-2-4-11(16-9)13-6-7-14(18-13)12-5-3-10(8-15)17-12/h2-7,15H,8H2,1H3. The summed E-state index contributed by atoms with van der Waals surface area (Å²) in [6.45, 7) is 2.15. The number of hydrogen-bond acceptors (Lipinski definition) is 4. The van der Waals surface area contributed by atoms with Crippen molar-refractivity contribution in [3.63, 3.8) is 0 Å². The van der Waals surface area contributed by atoms with E-state index in [1.807, 2.05) is 34.0 Å². The Hall–Kier alpha value is -0.550. The van der Waals surface area contributed by atoms with E-state index in [9.17, 15) is 0 Å². The van der Waals surface area contributed by atoms with Gasteiger partial charge in [0.15, 0.2) is 0 Å². The van der Waals surface area contributed by atoms with Crippen molar-refractivity contribution in [2.75, 3.05) is 0 Å². The van der Waals surface area contributed by atoms with Gasteiger partial charge in [-0.1, -0.05) is 0 Å². The van der Waals surface area contributed by atoms with Crippen LogP contribution in [0.1, 0.15) is 9.75 Å². The maximum atomic E-state index is 4.32. The molecule has 3 rings (SSSR count). The highest BCUT2D eigenvalue weighted by Gasteiger charge is 2.08. The SMILES string of the molecule is Cc1ccc(-c2ccc(-c3ccc(CS)s3)s2)s1. The van der Waals surface area contributed by atoms with Gasteiger partial charge in [-0.15, -0.1) is 34.0 Å². The molecule has 0 aliphatic heterocycles. The van der Waals surface area contributed by atoms with E-state index in [1.165, 1.54) is 29.3 Å². The molecule has 18 heavy (non-hydrogen) atoms. The first-order valence-electron chi connectivity index (χ1n) is 5.63. The van der Waals surface area contributed by atoms with Gasteiger partial charge < -0.3 is 0 Å². The fourth-order valence-corrected chi connectivity index (χ4v) is 4.99. The lowest BCUT2D eigenvalue weighted by Crippen LogP contribution is -1.60. The van der Waals surface area contributed by atoms with Crippen molar-refractivity contribution < 1.29 is 0 Å². The van der Waals surface area contributed by atoms with Crippen LogP contribution >= 0.6 is 46.6 Å². The van der Waals surface area contributed by atoms with Gasteiger partial charge in [0.25, 0.3) is 0 Å². The monoisotopic (exact) mass is 308 g/mol. The quantitative estimate of drug-likeness (QED) is 0.568. The Bertz CT molecular complexity index is 657. The molecule has 3 heterocycles. The zero-order chi connectivity index (χ0) is 12.5. The number of hydrogen-bond donors (Lipinski definition) is 1. The molecule has 0 bridgehead atoms. The molecule has 0 nitrogen and oxygen atoms in total. The Kier molecular flexibility index (Phi) is 3.61. The van der Waals surface area contributed by atoms with Crippen LogP contribution in [-0.2, 0) is 5.75 Å². The summed E-state index contributed by atoms with van der Waals surface area (Å²) in [5.41, 5.74) is 0. The minimum atomic E-state index is 0.826. The highest BCUT2D eigenvalue weighted by Crippen LogP contribution is 2.39. The normalized spacial score (nSPS) is 11.0. The summed E-state index contributed by atoms with van der Waals surface area (Å²) in [7, 11) is 0. The molecule has 4 heteroatoms. The van der Waals surface area contributed by atoms with Crippen molar-refractivity contribution in [2.45, 2.75) is 12.7 Å². The molecule has 0 unspecified atom stereocenters. The molecule has 0 radical (unpaired) electrons. The second kappa shape index (κ2) is 5.21. The highest BCUT2D eigenvalue weighted by atomic mass is 32.1. The van der Waals surface area contributed by atoms with E-state index < -0.39 is 0 Å². The fourth-order valence-electron chi connectivity index (χ4n) is 1.77. The molecular weight excluding hydrogens is 296 g/mol. The predicted molar refractivity (Wildman–Crippen MR) is 88.4 cm³/mol. The number of thiophene rings is 3. The highest BCUT2D eigenvalue weighted by molar-refractivity contribution is 7.79. The van der Waals surface area contributed by atoms with Crippen molar-refractivity contribution >= 4 is 46.6 Å². The van der Waals surface area contributed by atoms with Crippen LogP contribution in [0.2, 0.25) is 0 Å². The smallest absolute Gasteiger partial charge is 0.0449 e. The molecule has 0 atom stereocenters. The third kappa shape index (κ3) is 2.43. The van der Waals surface area contributed by atoms with E-state index in [4.69, 9.17) is 0 Å². The van der Waals surface area contributed by atoms with Gasteiger partial charge in [0, 0.05) is 35.0 Å². The average Bonchev–Trinajstić information content (AvgIpc) is 3.07. The molecule has 0 amide bonds. The first-order chi connectivity index (χ1) is 8.76. The van der Waals surface area contributed by atoms with Gasteiger partial charge in [0.05, 0.1) is 0 Å². The molecule has 0 aliphatic carbocycles. The van der Waals surface area contributed by atoms with E-state index in [0.717, 1.165) is 5.75 Å². The zero-order valence-electron chi connectivity index (χ0n) is 9.84. The van der Waals surface area contributed by atoms with Crippen molar-refractivity contribution in [2.24, 2.45) is 0 Å². The maximum absolute atomic E-state index is 4.32. The van der Waals surface area contributed by atoms with Gasteiger partial charge >= 0.3 is 0 Å². The summed E-state index contributed by atoms with van der Waals surface area (Å²) in [5, 5.41) is 0. The van der Waals surface area contributed by atoms with Gasteiger partial charge in [0.1, 0.15) is 0 Å². The maximum Gasteiger partial charge on any atom is 0.0449 e. The van der Waals surface area contributed by atoms with Crippen molar-refractivity contribution in [1.29, 1.82) is 0 Å². The third-order valence-corrected chi connectivity index (χ3v) is 6.77. The minimum Gasteiger partial charge on any atom is -0.174 e. The topological polar surface area (TPSA) is 0 Å². The fraction of sp³-hybridized carbons (Fsp3) is 0.143. The first kappa shape index (κ1) is 12.5. The summed E-state index contributed by atoms with van der Waals surface area (Å²) < 4.78 is 0. The predicted octanol–water partition coefficient (Wildman–Crippen LogP) is 5.94. The summed E-state index contributed by atoms with van der Waals surface area (Å²) in [6, 6.07) is 13.2. The minimum absolute atomic E-state index is 0.826. The Morgan fingerprint density at radius 1 is 0.778 bits per heavy atom. The molecule has 0 saturated heterocycles. The van der Waals surface area contributed by atoms with E-state index in [1.54, 1.807) is 0 Å². The van der Waals surface area contributed by atoms with E-state index >= 15 is 0 Å².